The normalized spacial score (nSPS) is 20.5. The van der Waals surface area contributed by atoms with E-state index in [9.17, 15) is 19.8 Å². The van der Waals surface area contributed by atoms with Gasteiger partial charge in [0.1, 0.15) is 29.5 Å². The second-order valence-corrected chi connectivity index (χ2v) is 12.0. The maximum absolute atomic E-state index is 14.0. The molecule has 4 rings (SSSR count). The second-order valence-electron chi connectivity index (χ2n) is 10.8. The Hall–Kier alpha value is -2.83. The molecule has 0 unspecified atom stereocenters. The van der Waals surface area contributed by atoms with Crippen LogP contribution in [0.5, 0.6) is 17.2 Å². The molecule has 1 saturated carbocycles. The largest absolute Gasteiger partial charge is 0.497 e. The van der Waals surface area contributed by atoms with Crippen molar-refractivity contribution in [3.8, 4) is 17.2 Å². The molecule has 0 spiro atoms. The van der Waals surface area contributed by atoms with Gasteiger partial charge in [0.05, 0.1) is 30.4 Å². The number of hydrogen-bond acceptors (Lipinski definition) is 7. The smallest absolute Gasteiger partial charge is 0.247 e. The van der Waals surface area contributed by atoms with Gasteiger partial charge in [0.25, 0.3) is 0 Å². The molecule has 10 heteroatoms. The van der Waals surface area contributed by atoms with Crippen LogP contribution in [0.25, 0.3) is 0 Å². The molecule has 2 aromatic rings. The summed E-state index contributed by atoms with van der Waals surface area (Å²) >= 11 is 2.17. The molecule has 9 nitrogen and oxygen atoms in total. The third-order valence-electron chi connectivity index (χ3n) is 8.08. The highest BCUT2D eigenvalue weighted by Crippen LogP contribution is 2.33. The van der Waals surface area contributed by atoms with E-state index in [-0.39, 0.29) is 31.4 Å². The monoisotopic (exact) mass is 692 g/mol. The molecule has 1 fully saturated rings. The summed E-state index contributed by atoms with van der Waals surface area (Å²) in [7, 11) is 3.21. The van der Waals surface area contributed by atoms with Crippen molar-refractivity contribution >= 4 is 34.4 Å². The van der Waals surface area contributed by atoms with Gasteiger partial charge in [-0.2, -0.15) is 0 Å². The zero-order valence-electron chi connectivity index (χ0n) is 24.3. The SMILES string of the molecule is COc1ccc(OC)c(CCN(C(=O)CC2CCCC2)[C@@H]2CC(C(=O)NCCO)=C[C@H](Oc3ccccc3I)[C@H]2O)c1. The topological polar surface area (TPSA) is 118 Å². The molecule has 2 aromatic carbocycles. The van der Waals surface area contributed by atoms with Gasteiger partial charge in [0.2, 0.25) is 11.8 Å². The number of carbonyl (C=O) groups excluding carboxylic acids is 2. The van der Waals surface area contributed by atoms with E-state index in [4.69, 9.17) is 14.2 Å². The highest BCUT2D eigenvalue weighted by Gasteiger charge is 2.41. The quantitative estimate of drug-likeness (QED) is 0.273. The molecule has 0 saturated heterocycles. The lowest BCUT2D eigenvalue weighted by atomic mass is 9.87. The van der Waals surface area contributed by atoms with Crippen molar-refractivity contribution in [3.05, 3.63) is 63.2 Å². The zero-order valence-corrected chi connectivity index (χ0v) is 26.4. The molecule has 0 bridgehead atoms. The minimum atomic E-state index is -1.07. The van der Waals surface area contributed by atoms with Gasteiger partial charge in [0.15, 0.2) is 0 Å². The molecule has 0 aromatic heterocycles. The van der Waals surface area contributed by atoms with E-state index in [2.05, 4.69) is 27.9 Å². The van der Waals surface area contributed by atoms with Crippen molar-refractivity contribution < 1.29 is 34.0 Å². The Morgan fingerprint density at radius 1 is 1.07 bits per heavy atom. The first-order valence-electron chi connectivity index (χ1n) is 14.5. The van der Waals surface area contributed by atoms with Crippen molar-refractivity contribution in [3.63, 3.8) is 0 Å². The molecule has 3 atom stereocenters. The Balaban J connectivity index is 1.66. The fourth-order valence-electron chi connectivity index (χ4n) is 5.84. The number of ether oxygens (including phenoxy) is 3. The molecule has 3 N–H and O–H groups in total. The van der Waals surface area contributed by atoms with Gasteiger partial charge in [-0.15, -0.1) is 0 Å². The van der Waals surface area contributed by atoms with E-state index in [1.807, 2.05) is 42.5 Å². The number of aliphatic hydroxyl groups is 2. The van der Waals surface area contributed by atoms with Gasteiger partial charge in [-0.1, -0.05) is 25.0 Å². The summed E-state index contributed by atoms with van der Waals surface area (Å²) in [4.78, 5) is 28.8. The highest BCUT2D eigenvalue weighted by molar-refractivity contribution is 14.1. The third-order valence-corrected chi connectivity index (χ3v) is 8.97. The molecular formula is C32H41IN2O7. The summed E-state index contributed by atoms with van der Waals surface area (Å²) in [6.07, 6.45) is 5.01. The van der Waals surface area contributed by atoms with E-state index < -0.39 is 18.2 Å². The molecule has 0 radical (unpaired) electrons. The van der Waals surface area contributed by atoms with Gasteiger partial charge < -0.3 is 34.6 Å². The van der Waals surface area contributed by atoms with Gasteiger partial charge in [-0.05, 0) is 89.7 Å². The maximum atomic E-state index is 14.0. The van der Waals surface area contributed by atoms with Crippen LogP contribution in [0.2, 0.25) is 0 Å². The van der Waals surface area contributed by atoms with Crippen molar-refractivity contribution in [1.29, 1.82) is 0 Å². The Morgan fingerprint density at radius 3 is 2.52 bits per heavy atom. The first kappa shape index (κ1) is 32.1. The predicted molar refractivity (Wildman–Crippen MR) is 168 cm³/mol. The van der Waals surface area contributed by atoms with Crippen LogP contribution in [-0.4, -0.2) is 79.1 Å². The number of nitrogens with one attached hydrogen (secondary N) is 1. The van der Waals surface area contributed by atoms with E-state index in [0.29, 0.717) is 48.1 Å². The summed E-state index contributed by atoms with van der Waals surface area (Å²) in [6.45, 7) is 0.227. The molecule has 2 aliphatic carbocycles. The van der Waals surface area contributed by atoms with E-state index >= 15 is 0 Å². The van der Waals surface area contributed by atoms with Crippen molar-refractivity contribution in [2.75, 3.05) is 33.9 Å². The summed E-state index contributed by atoms with van der Waals surface area (Å²) in [6, 6.07) is 12.3. The number of aliphatic hydroxyl groups excluding tert-OH is 2. The zero-order chi connectivity index (χ0) is 30.1. The van der Waals surface area contributed by atoms with Gasteiger partial charge in [0, 0.05) is 31.5 Å². The number of halogens is 1. The maximum Gasteiger partial charge on any atom is 0.247 e. The molecule has 0 aliphatic heterocycles. The van der Waals surface area contributed by atoms with Crippen LogP contribution < -0.4 is 19.5 Å². The van der Waals surface area contributed by atoms with Crippen molar-refractivity contribution in [2.45, 2.75) is 63.2 Å². The Kier molecular flexibility index (Phi) is 11.9. The van der Waals surface area contributed by atoms with Crippen LogP contribution in [0.3, 0.4) is 0 Å². The first-order chi connectivity index (χ1) is 20.3. The number of carbonyl (C=O) groups is 2. The standard InChI is InChI=1S/C32H41IN2O7/c1-40-24-11-12-27(41-2)22(18-24)13-15-35(30(37)17-21-7-3-4-8-21)26-19-23(32(39)34-14-16-36)20-29(31(26)38)42-28-10-6-5-9-25(28)33/h5-6,9-12,18,20-21,26,29,31,36,38H,3-4,7-8,13-17,19H2,1-2H3,(H,34,39)/t26-,29+,31+/m1/s1. The predicted octanol–water partition coefficient (Wildman–Crippen LogP) is 3.88. The lowest BCUT2D eigenvalue weighted by Crippen LogP contribution is -2.55. The van der Waals surface area contributed by atoms with Crippen molar-refractivity contribution in [1.82, 2.24) is 10.2 Å². The van der Waals surface area contributed by atoms with Gasteiger partial charge >= 0.3 is 0 Å². The number of benzene rings is 2. The van der Waals surface area contributed by atoms with E-state index in [1.54, 1.807) is 25.2 Å². The van der Waals surface area contributed by atoms with Crippen LogP contribution in [-0.2, 0) is 16.0 Å². The Bertz CT molecular complexity index is 1250. The number of rotatable bonds is 13. The average Bonchev–Trinajstić information content (AvgIpc) is 3.51. The fraction of sp³-hybridized carbons (Fsp3) is 0.500. The van der Waals surface area contributed by atoms with Crippen LogP contribution in [0.4, 0.5) is 0 Å². The number of amides is 2. The lowest BCUT2D eigenvalue weighted by Gasteiger charge is -2.41. The number of para-hydroxylation sites is 1. The molecular weight excluding hydrogens is 651 g/mol. The lowest BCUT2D eigenvalue weighted by molar-refractivity contribution is -0.139. The van der Waals surface area contributed by atoms with E-state index in [1.165, 1.54) is 0 Å². The minimum absolute atomic E-state index is 0.0436. The van der Waals surface area contributed by atoms with Gasteiger partial charge in [-0.3, -0.25) is 9.59 Å². The number of hydrogen-bond donors (Lipinski definition) is 3. The fourth-order valence-corrected chi connectivity index (χ4v) is 6.35. The van der Waals surface area contributed by atoms with Crippen molar-refractivity contribution in [2.24, 2.45) is 5.92 Å². The number of methoxy groups -OCH3 is 2. The van der Waals surface area contributed by atoms with E-state index in [0.717, 1.165) is 34.8 Å². The second kappa shape index (κ2) is 15.6. The summed E-state index contributed by atoms with van der Waals surface area (Å²) in [5, 5.41) is 23.7. The minimum Gasteiger partial charge on any atom is -0.497 e. The number of nitrogens with zero attached hydrogens (tertiary/aromatic N) is 1. The average molecular weight is 693 g/mol. The summed E-state index contributed by atoms with van der Waals surface area (Å²) in [5.41, 5.74) is 1.29. The summed E-state index contributed by atoms with van der Waals surface area (Å²) in [5.74, 6) is 1.87. The molecule has 2 amide bonds. The Labute approximate surface area is 261 Å². The van der Waals surface area contributed by atoms with Gasteiger partial charge in [-0.25, -0.2) is 0 Å². The molecule has 2 aliphatic rings. The third kappa shape index (κ3) is 8.17. The van der Waals surface area contributed by atoms with Crippen LogP contribution in [0, 0.1) is 9.49 Å². The summed E-state index contributed by atoms with van der Waals surface area (Å²) < 4.78 is 18.1. The van der Waals surface area contributed by atoms with Crippen LogP contribution in [0.15, 0.2) is 54.1 Å². The van der Waals surface area contributed by atoms with Crippen LogP contribution >= 0.6 is 22.6 Å². The Morgan fingerprint density at radius 2 is 1.83 bits per heavy atom. The first-order valence-corrected chi connectivity index (χ1v) is 15.6. The van der Waals surface area contributed by atoms with Crippen LogP contribution in [0.1, 0.15) is 44.1 Å². The highest BCUT2D eigenvalue weighted by atomic mass is 127. The molecule has 42 heavy (non-hydrogen) atoms. The molecule has 228 valence electrons. The molecule has 0 heterocycles.